The number of hydrogen-bond acceptors (Lipinski definition) is 5. The first-order valence-electron chi connectivity index (χ1n) is 7.94. The van der Waals surface area contributed by atoms with Gasteiger partial charge in [-0.1, -0.05) is 11.6 Å². The van der Waals surface area contributed by atoms with Crippen molar-refractivity contribution in [3.8, 4) is 11.5 Å². The molecule has 0 aliphatic carbocycles. The van der Waals surface area contributed by atoms with E-state index in [2.05, 4.69) is 5.10 Å². The number of phenolic OH excluding ortho intramolecular Hbond substituents is 1. The van der Waals surface area contributed by atoms with Crippen molar-refractivity contribution >= 4 is 63.5 Å². The van der Waals surface area contributed by atoms with Gasteiger partial charge in [0.15, 0.2) is 11.5 Å². The van der Waals surface area contributed by atoms with E-state index in [-0.39, 0.29) is 16.3 Å². The molecule has 1 aliphatic heterocycles. The van der Waals surface area contributed by atoms with Crippen LogP contribution in [-0.4, -0.2) is 34.9 Å². The van der Waals surface area contributed by atoms with Crippen molar-refractivity contribution in [3.63, 3.8) is 0 Å². The molecule has 0 aromatic heterocycles. The number of halogens is 2. The minimum absolute atomic E-state index is 0.0254. The number of nitrogens with zero attached hydrogens (tertiary/aromatic N) is 2. The van der Waals surface area contributed by atoms with E-state index in [0.29, 0.717) is 31.9 Å². The monoisotopic (exact) mass is 512 g/mol. The Morgan fingerprint density at radius 1 is 1.32 bits per heavy atom. The molecular weight excluding hydrogens is 499 g/mol. The van der Waals surface area contributed by atoms with Crippen molar-refractivity contribution < 1.29 is 24.5 Å². The standard InChI is InChI=1S/C19H14ClIN2O5/c1-9-12(5-10-6-15(21)17(24)16(7-10)28-2)18(25)23(22-9)11-3-4-14(20)13(8-11)19(26)27/h3-8,24H,1-2H3,(H,26,27). The first-order valence-corrected chi connectivity index (χ1v) is 9.39. The molecule has 7 nitrogen and oxygen atoms in total. The summed E-state index contributed by atoms with van der Waals surface area (Å²) in [6, 6.07) is 7.55. The van der Waals surface area contributed by atoms with Gasteiger partial charge in [0.1, 0.15) is 0 Å². The fraction of sp³-hybridized carbons (Fsp3) is 0.105. The Bertz CT molecular complexity index is 1060. The number of phenols is 1. The Morgan fingerprint density at radius 3 is 2.68 bits per heavy atom. The molecule has 0 spiro atoms. The van der Waals surface area contributed by atoms with Crippen LogP contribution < -0.4 is 9.75 Å². The summed E-state index contributed by atoms with van der Waals surface area (Å²) in [5.74, 6) is -1.28. The molecule has 3 rings (SSSR count). The van der Waals surface area contributed by atoms with Crippen LogP contribution in [0.5, 0.6) is 11.5 Å². The fourth-order valence-corrected chi connectivity index (χ4v) is 3.49. The van der Waals surface area contributed by atoms with Gasteiger partial charge < -0.3 is 14.9 Å². The van der Waals surface area contributed by atoms with E-state index in [1.54, 1.807) is 25.1 Å². The van der Waals surface area contributed by atoms with Crippen LogP contribution in [0.15, 0.2) is 41.0 Å². The number of aromatic hydroxyl groups is 1. The molecule has 2 N–H and O–H groups in total. The third-order valence-electron chi connectivity index (χ3n) is 4.07. The van der Waals surface area contributed by atoms with Crippen molar-refractivity contribution in [3.05, 3.63) is 55.6 Å². The summed E-state index contributed by atoms with van der Waals surface area (Å²) in [5.41, 5.74) is 1.65. The third-order valence-corrected chi connectivity index (χ3v) is 5.22. The number of carbonyl (C=O) groups is 2. The molecule has 1 heterocycles. The summed E-state index contributed by atoms with van der Waals surface area (Å²) in [6.07, 6.45) is 1.64. The lowest BCUT2D eigenvalue weighted by Crippen LogP contribution is -2.21. The smallest absolute Gasteiger partial charge is 0.337 e. The highest BCUT2D eigenvalue weighted by molar-refractivity contribution is 14.1. The van der Waals surface area contributed by atoms with E-state index in [1.807, 2.05) is 22.6 Å². The van der Waals surface area contributed by atoms with Crippen LogP contribution in [0.3, 0.4) is 0 Å². The predicted molar refractivity (Wildman–Crippen MR) is 114 cm³/mol. The topological polar surface area (TPSA) is 99.4 Å². The summed E-state index contributed by atoms with van der Waals surface area (Å²) in [6.45, 7) is 1.68. The van der Waals surface area contributed by atoms with Crippen molar-refractivity contribution in [2.45, 2.75) is 6.92 Å². The lowest BCUT2D eigenvalue weighted by atomic mass is 10.1. The molecule has 1 amide bonds. The minimum Gasteiger partial charge on any atom is -0.504 e. The Labute approximate surface area is 179 Å². The summed E-state index contributed by atoms with van der Waals surface area (Å²) >= 11 is 7.86. The van der Waals surface area contributed by atoms with Crippen LogP contribution in [0, 0.1) is 3.57 Å². The molecule has 0 fully saturated rings. The Kier molecular flexibility index (Phi) is 5.61. The maximum absolute atomic E-state index is 12.9. The van der Waals surface area contributed by atoms with Gasteiger partial charge in [-0.25, -0.2) is 4.79 Å². The number of ether oxygens (including phenoxy) is 1. The molecule has 9 heteroatoms. The summed E-state index contributed by atoms with van der Waals surface area (Å²) in [5, 5.41) is 24.6. The molecule has 1 aliphatic rings. The van der Waals surface area contributed by atoms with Crippen LogP contribution >= 0.6 is 34.2 Å². The first-order chi connectivity index (χ1) is 13.2. The van der Waals surface area contributed by atoms with Crippen molar-refractivity contribution in [1.29, 1.82) is 0 Å². The second-order valence-corrected chi connectivity index (χ2v) is 7.45. The van der Waals surface area contributed by atoms with E-state index >= 15 is 0 Å². The Balaban J connectivity index is 2.00. The maximum Gasteiger partial charge on any atom is 0.337 e. The molecule has 0 bridgehead atoms. The number of hydrazone groups is 1. The molecule has 144 valence electrons. The second kappa shape index (κ2) is 7.80. The molecule has 28 heavy (non-hydrogen) atoms. The van der Waals surface area contributed by atoms with Crippen LogP contribution in [0.25, 0.3) is 6.08 Å². The van der Waals surface area contributed by atoms with Crippen LogP contribution in [0.1, 0.15) is 22.8 Å². The Hall–Kier alpha value is -2.59. The fourth-order valence-electron chi connectivity index (χ4n) is 2.67. The average Bonchev–Trinajstić information content (AvgIpc) is 2.92. The lowest BCUT2D eigenvalue weighted by Gasteiger charge is -2.13. The first kappa shape index (κ1) is 20.2. The summed E-state index contributed by atoms with van der Waals surface area (Å²) in [7, 11) is 1.44. The zero-order valence-electron chi connectivity index (χ0n) is 14.7. The number of anilines is 1. The summed E-state index contributed by atoms with van der Waals surface area (Å²) in [4.78, 5) is 24.2. The highest BCUT2D eigenvalue weighted by Gasteiger charge is 2.29. The number of carboxylic acids is 1. The molecule has 0 saturated carbocycles. The zero-order valence-corrected chi connectivity index (χ0v) is 17.6. The van der Waals surface area contributed by atoms with Crippen LogP contribution in [0.4, 0.5) is 5.69 Å². The lowest BCUT2D eigenvalue weighted by molar-refractivity contribution is -0.114. The van der Waals surface area contributed by atoms with Gasteiger partial charge in [-0.15, -0.1) is 0 Å². The predicted octanol–water partition coefficient (Wildman–Crippen LogP) is 4.16. The van der Waals surface area contributed by atoms with E-state index in [9.17, 15) is 19.8 Å². The second-order valence-electron chi connectivity index (χ2n) is 5.88. The van der Waals surface area contributed by atoms with Gasteiger partial charge in [0.25, 0.3) is 5.91 Å². The van der Waals surface area contributed by atoms with Crippen LogP contribution in [-0.2, 0) is 4.79 Å². The molecule has 0 radical (unpaired) electrons. The van der Waals surface area contributed by atoms with E-state index < -0.39 is 11.9 Å². The SMILES string of the molecule is COc1cc(C=C2C(=O)N(c3ccc(Cl)c(C(=O)O)c3)N=C2C)cc(I)c1O. The highest BCUT2D eigenvalue weighted by Crippen LogP contribution is 2.34. The van der Waals surface area contributed by atoms with E-state index in [4.69, 9.17) is 16.3 Å². The molecule has 2 aromatic carbocycles. The van der Waals surface area contributed by atoms with Crippen molar-refractivity contribution in [1.82, 2.24) is 0 Å². The quantitative estimate of drug-likeness (QED) is 0.473. The molecule has 0 unspecified atom stereocenters. The number of amides is 1. The molecule has 2 aromatic rings. The number of aromatic carboxylic acids is 1. The molecular formula is C19H14ClIN2O5. The zero-order chi connectivity index (χ0) is 20.6. The minimum atomic E-state index is -1.19. The van der Waals surface area contributed by atoms with Gasteiger partial charge in [-0.05, 0) is 71.5 Å². The van der Waals surface area contributed by atoms with Crippen LogP contribution in [0.2, 0.25) is 5.02 Å². The number of hydrogen-bond donors (Lipinski definition) is 2. The van der Waals surface area contributed by atoms with Gasteiger partial charge >= 0.3 is 5.97 Å². The number of rotatable bonds is 4. The number of carbonyl (C=O) groups excluding carboxylic acids is 1. The number of benzene rings is 2. The van der Waals surface area contributed by atoms with Gasteiger partial charge in [0.2, 0.25) is 0 Å². The largest absolute Gasteiger partial charge is 0.504 e. The third kappa shape index (κ3) is 3.69. The number of carboxylic acid groups (broad SMARTS) is 1. The Morgan fingerprint density at radius 2 is 2.04 bits per heavy atom. The summed E-state index contributed by atoms with van der Waals surface area (Å²) < 4.78 is 5.72. The average molecular weight is 513 g/mol. The van der Waals surface area contributed by atoms with Gasteiger partial charge in [-0.3, -0.25) is 4.79 Å². The maximum atomic E-state index is 12.9. The normalized spacial score (nSPS) is 15.1. The van der Waals surface area contributed by atoms with Crippen molar-refractivity contribution in [2.24, 2.45) is 5.10 Å². The van der Waals surface area contributed by atoms with Gasteiger partial charge in [0, 0.05) is 0 Å². The number of methoxy groups -OCH3 is 1. The van der Waals surface area contributed by atoms with Gasteiger partial charge in [-0.2, -0.15) is 10.1 Å². The van der Waals surface area contributed by atoms with E-state index in [1.165, 1.54) is 25.3 Å². The molecule has 0 atom stereocenters. The van der Waals surface area contributed by atoms with Crippen molar-refractivity contribution in [2.75, 3.05) is 12.1 Å². The van der Waals surface area contributed by atoms with E-state index in [0.717, 1.165) is 5.01 Å². The van der Waals surface area contributed by atoms with Gasteiger partial charge in [0.05, 0.1) is 38.2 Å². The molecule has 0 saturated heterocycles. The highest BCUT2D eigenvalue weighted by atomic mass is 127.